The van der Waals surface area contributed by atoms with E-state index in [0.29, 0.717) is 16.6 Å². The first-order chi connectivity index (χ1) is 10.1. The fourth-order valence-electron chi connectivity index (χ4n) is 2.00. The van der Waals surface area contributed by atoms with E-state index in [-0.39, 0.29) is 0 Å². The van der Waals surface area contributed by atoms with E-state index in [1.807, 2.05) is 43.3 Å². The van der Waals surface area contributed by atoms with Gasteiger partial charge in [0.05, 0.1) is 0 Å². The third-order valence-corrected chi connectivity index (χ3v) is 3.76. The Balaban J connectivity index is 2.26. The molecule has 0 saturated carbocycles. The van der Waals surface area contributed by atoms with Crippen molar-refractivity contribution in [2.75, 3.05) is 6.54 Å². The van der Waals surface area contributed by atoms with Gasteiger partial charge in [0.2, 0.25) is 0 Å². The van der Waals surface area contributed by atoms with Gasteiger partial charge in [-0.3, -0.25) is 0 Å². The first-order valence-electron chi connectivity index (χ1n) is 7.04. The van der Waals surface area contributed by atoms with E-state index in [1.165, 1.54) is 0 Å². The number of halogens is 2. The summed E-state index contributed by atoms with van der Waals surface area (Å²) in [4.78, 5) is 0. The Kier molecular flexibility index (Phi) is 5.92. The first-order valence-corrected chi connectivity index (χ1v) is 7.79. The van der Waals surface area contributed by atoms with Crippen molar-refractivity contribution < 1.29 is 4.74 Å². The van der Waals surface area contributed by atoms with Crippen LogP contribution in [0.25, 0.3) is 0 Å². The van der Waals surface area contributed by atoms with Crippen LogP contribution in [-0.4, -0.2) is 6.54 Å². The number of aryl methyl sites for hydroxylation is 1. The topological polar surface area (TPSA) is 21.3 Å². The van der Waals surface area contributed by atoms with Gasteiger partial charge in [-0.25, -0.2) is 0 Å². The second-order valence-corrected chi connectivity index (χ2v) is 5.75. The van der Waals surface area contributed by atoms with Gasteiger partial charge < -0.3 is 10.1 Å². The maximum atomic E-state index is 6.30. The van der Waals surface area contributed by atoms with Crippen molar-refractivity contribution in [3.63, 3.8) is 0 Å². The number of nitrogens with one attached hydrogen (secondary N) is 1. The SMILES string of the molecule is CCCNCc1c(Cl)cccc1Oc1cc(Cl)ccc1C. The van der Waals surface area contributed by atoms with E-state index < -0.39 is 0 Å². The van der Waals surface area contributed by atoms with Gasteiger partial charge in [0.25, 0.3) is 0 Å². The van der Waals surface area contributed by atoms with E-state index in [4.69, 9.17) is 27.9 Å². The third kappa shape index (κ3) is 4.37. The standard InChI is InChI=1S/C17H19Cl2NO/c1-3-9-20-11-14-15(19)5-4-6-16(14)21-17-10-13(18)8-7-12(17)2/h4-8,10,20H,3,9,11H2,1-2H3. The van der Waals surface area contributed by atoms with Crippen LogP contribution >= 0.6 is 23.2 Å². The van der Waals surface area contributed by atoms with Crippen molar-refractivity contribution in [3.8, 4) is 11.5 Å². The zero-order valence-electron chi connectivity index (χ0n) is 12.2. The molecule has 0 heterocycles. The molecule has 0 aliphatic carbocycles. The Morgan fingerprint density at radius 2 is 1.90 bits per heavy atom. The van der Waals surface area contributed by atoms with Crippen LogP contribution in [0, 0.1) is 6.92 Å². The molecule has 0 bridgehead atoms. The average molecular weight is 324 g/mol. The average Bonchev–Trinajstić information content (AvgIpc) is 2.46. The fourth-order valence-corrected chi connectivity index (χ4v) is 2.39. The predicted molar refractivity (Wildman–Crippen MR) is 89.7 cm³/mol. The molecule has 0 aliphatic rings. The van der Waals surface area contributed by atoms with Gasteiger partial charge in [-0.15, -0.1) is 0 Å². The molecule has 0 amide bonds. The second kappa shape index (κ2) is 7.69. The summed E-state index contributed by atoms with van der Waals surface area (Å²) in [6.45, 7) is 5.75. The molecule has 4 heteroatoms. The smallest absolute Gasteiger partial charge is 0.133 e. The second-order valence-electron chi connectivity index (χ2n) is 4.91. The lowest BCUT2D eigenvalue weighted by atomic mass is 10.2. The highest BCUT2D eigenvalue weighted by atomic mass is 35.5. The third-order valence-electron chi connectivity index (χ3n) is 3.17. The van der Waals surface area contributed by atoms with Gasteiger partial charge in [-0.2, -0.15) is 0 Å². The summed E-state index contributed by atoms with van der Waals surface area (Å²) in [5.41, 5.74) is 2.00. The molecule has 0 aromatic heterocycles. The molecule has 1 N–H and O–H groups in total. The van der Waals surface area contributed by atoms with Gasteiger partial charge in [0.15, 0.2) is 0 Å². The number of rotatable bonds is 6. The molecule has 0 aliphatic heterocycles. The van der Waals surface area contributed by atoms with Crippen LogP contribution < -0.4 is 10.1 Å². The normalized spacial score (nSPS) is 10.7. The Bertz CT molecular complexity index is 614. The molecule has 0 atom stereocenters. The summed E-state index contributed by atoms with van der Waals surface area (Å²) in [5, 5.41) is 4.71. The minimum absolute atomic E-state index is 0.656. The number of ether oxygens (including phenoxy) is 1. The number of hydrogen-bond donors (Lipinski definition) is 1. The van der Waals surface area contributed by atoms with Crippen molar-refractivity contribution in [2.45, 2.75) is 26.8 Å². The zero-order chi connectivity index (χ0) is 15.2. The van der Waals surface area contributed by atoms with Crippen LogP contribution in [0.5, 0.6) is 11.5 Å². The first kappa shape index (κ1) is 16.2. The van der Waals surface area contributed by atoms with E-state index >= 15 is 0 Å². The Hall–Kier alpha value is -1.22. The molecule has 2 aromatic carbocycles. The van der Waals surface area contributed by atoms with Crippen molar-refractivity contribution in [1.82, 2.24) is 5.32 Å². The highest BCUT2D eigenvalue weighted by Gasteiger charge is 2.10. The van der Waals surface area contributed by atoms with Crippen molar-refractivity contribution in [1.29, 1.82) is 0 Å². The van der Waals surface area contributed by atoms with E-state index in [0.717, 1.165) is 35.6 Å². The van der Waals surface area contributed by atoms with Gasteiger partial charge in [0.1, 0.15) is 11.5 Å². The molecule has 2 nitrogen and oxygen atoms in total. The lowest BCUT2D eigenvalue weighted by Crippen LogP contribution is -2.14. The molecule has 0 fully saturated rings. The minimum Gasteiger partial charge on any atom is -0.457 e. The van der Waals surface area contributed by atoms with Crippen LogP contribution in [0.1, 0.15) is 24.5 Å². The largest absolute Gasteiger partial charge is 0.457 e. The predicted octanol–water partition coefficient (Wildman–Crippen LogP) is 5.59. The highest BCUT2D eigenvalue weighted by molar-refractivity contribution is 6.31. The summed E-state index contributed by atoms with van der Waals surface area (Å²) < 4.78 is 6.02. The van der Waals surface area contributed by atoms with Gasteiger partial charge >= 0.3 is 0 Å². The Morgan fingerprint density at radius 1 is 1.10 bits per heavy atom. The quantitative estimate of drug-likeness (QED) is 0.699. The number of benzene rings is 2. The summed E-state index contributed by atoms with van der Waals surface area (Å²) in [6, 6.07) is 11.3. The van der Waals surface area contributed by atoms with Crippen LogP contribution in [-0.2, 0) is 6.54 Å². The van der Waals surface area contributed by atoms with E-state index in [9.17, 15) is 0 Å². The maximum absolute atomic E-state index is 6.30. The number of hydrogen-bond acceptors (Lipinski definition) is 2. The van der Waals surface area contributed by atoms with Gasteiger partial charge in [0, 0.05) is 22.2 Å². The molecular weight excluding hydrogens is 305 g/mol. The molecule has 0 spiro atoms. The summed E-state index contributed by atoms with van der Waals surface area (Å²) in [7, 11) is 0. The summed E-state index contributed by atoms with van der Waals surface area (Å²) in [5.74, 6) is 1.51. The molecular formula is C17H19Cl2NO. The molecule has 21 heavy (non-hydrogen) atoms. The lowest BCUT2D eigenvalue weighted by Gasteiger charge is -2.15. The minimum atomic E-state index is 0.656. The fraction of sp³-hybridized carbons (Fsp3) is 0.294. The van der Waals surface area contributed by atoms with Crippen LogP contribution in [0.3, 0.4) is 0 Å². The molecule has 112 valence electrons. The Labute approximate surface area is 136 Å². The van der Waals surface area contributed by atoms with Crippen molar-refractivity contribution in [3.05, 3.63) is 57.6 Å². The maximum Gasteiger partial charge on any atom is 0.133 e. The monoisotopic (exact) mass is 323 g/mol. The Morgan fingerprint density at radius 3 is 2.67 bits per heavy atom. The van der Waals surface area contributed by atoms with Crippen molar-refractivity contribution >= 4 is 23.2 Å². The van der Waals surface area contributed by atoms with Crippen LogP contribution in [0.2, 0.25) is 10.0 Å². The molecule has 0 radical (unpaired) electrons. The zero-order valence-corrected chi connectivity index (χ0v) is 13.8. The molecule has 2 aromatic rings. The molecule has 0 saturated heterocycles. The van der Waals surface area contributed by atoms with E-state index in [1.54, 1.807) is 0 Å². The van der Waals surface area contributed by atoms with Gasteiger partial charge in [-0.05, 0) is 49.7 Å². The lowest BCUT2D eigenvalue weighted by molar-refractivity contribution is 0.469. The summed E-state index contributed by atoms with van der Waals surface area (Å²) >= 11 is 12.3. The van der Waals surface area contributed by atoms with Gasteiger partial charge in [-0.1, -0.05) is 42.3 Å². The highest BCUT2D eigenvalue weighted by Crippen LogP contribution is 2.33. The van der Waals surface area contributed by atoms with E-state index in [2.05, 4.69) is 12.2 Å². The van der Waals surface area contributed by atoms with Crippen molar-refractivity contribution in [2.24, 2.45) is 0 Å². The van der Waals surface area contributed by atoms with Crippen LogP contribution in [0.15, 0.2) is 36.4 Å². The molecule has 0 unspecified atom stereocenters. The molecule has 2 rings (SSSR count). The summed E-state index contributed by atoms with van der Waals surface area (Å²) in [6.07, 6.45) is 1.08. The van der Waals surface area contributed by atoms with Crippen LogP contribution in [0.4, 0.5) is 0 Å².